The summed E-state index contributed by atoms with van der Waals surface area (Å²) < 4.78 is 26.1. The van der Waals surface area contributed by atoms with E-state index in [9.17, 15) is 34.5 Å². The second-order valence-corrected chi connectivity index (χ2v) is 10.1. The van der Waals surface area contributed by atoms with Gasteiger partial charge in [0.25, 0.3) is 0 Å². The molecule has 2 aliphatic heterocycles. The standard InChI is InChI=1S/C27H34O15/c1-14(18(38-16(3)28)15(2)13-17-9-7-6-8-10-17)11-12-25-19(29)20(30)27(41-25,24(33)37-5)26(34,23(32)36-4)21(39-25)22(31)40-42-35/h6-10,15,18-21,29-30,34-35H,1,11-13H2,2-5H3. The van der Waals surface area contributed by atoms with Gasteiger partial charge in [-0.3, -0.25) is 9.68 Å². The van der Waals surface area contributed by atoms with Crippen LogP contribution in [0.2, 0.25) is 0 Å². The van der Waals surface area contributed by atoms with Crippen LogP contribution in [0.25, 0.3) is 0 Å². The van der Waals surface area contributed by atoms with Crippen LogP contribution in [-0.4, -0.2) is 100 Å². The molecule has 1 aromatic rings. The molecule has 2 heterocycles. The van der Waals surface area contributed by atoms with Crippen molar-refractivity contribution in [2.24, 2.45) is 5.92 Å². The summed E-state index contributed by atoms with van der Waals surface area (Å²) >= 11 is 0. The van der Waals surface area contributed by atoms with Crippen molar-refractivity contribution in [3.8, 4) is 0 Å². The lowest BCUT2D eigenvalue weighted by Crippen LogP contribution is -2.78. The fraction of sp³-hybridized carbons (Fsp3) is 0.556. The van der Waals surface area contributed by atoms with Gasteiger partial charge in [-0.1, -0.05) is 43.8 Å². The zero-order chi connectivity index (χ0) is 31.5. The molecule has 8 unspecified atom stereocenters. The Morgan fingerprint density at radius 1 is 1.05 bits per heavy atom. The molecule has 0 aromatic heterocycles. The third kappa shape index (κ3) is 5.51. The molecule has 2 bridgehead atoms. The molecule has 0 aliphatic carbocycles. The molecule has 15 heteroatoms. The molecule has 3 rings (SSSR count). The largest absolute Gasteiger partial charge is 0.467 e. The molecule has 2 fully saturated rings. The second-order valence-electron chi connectivity index (χ2n) is 10.1. The molecule has 42 heavy (non-hydrogen) atoms. The number of benzene rings is 1. The summed E-state index contributed by atoms with van der Waals surface area (Å²) in [6.45, 7) is 7.05. The zero-order valence-corrected chi connectivity index (χ0v) is 23.4. The van der Waals surface area contributed by atoms with Gasteiger partial charge in [0.15, 0.2) is 5.79 Å². The molecule has 232 valence electrons. The van der Waals surface area contributed by atoms with E-state index in [4.69, 9.17) is 19.5 Å². The summed E-state index contributed by atoms with van der Waals surface area (Å²) in [5.74, 6) is -8.44. The summed E-state index contributed by atoms with van der Waals surface area (Å²) in [6, 6.07) is 9.36. The van der Waals surface area contributed by atoms with E-state index in [0.717, 1.165) is 19.8 Å². The molecular formula is C27H34O15. The van der Waals surface area contributed by atoms with Crippen LogP contribution < -0.4 is 0 Å². The van der Waals surface area contributed by atoms with E-state index in [1.165, 1.54) is 6.92 Å². The van der Waals surface area contributed by atoms with Crippen molar-refractivity contribution in [3.63, 3.8) is 0 Å². The van der Waals surface area contributed by atoms with Gasteiger partial charge in [-0.05, 0) is 29.0 Å². The Morgan fingerprint density at radius 2 is 1.67 bits per heavy atom. The first-order valence-corrected chi connectivity index (χ1v) is 12.8. The molecule has 0 radical (unpaired) electrons. The highest BCUT2D eigenvalue weighted by molar-refractivity contribution is 5.99. The molecule has 0 spiro atoms. The van der Waals surface area contributed by atoms with E-state index in [-0.39, 0.29) is 12.3 Å². The van der Waals surface area contributed by atoms with Crippen molar-refractivity contribution in [2.45, 2.75) is 74.5 Å². The third-order valence-electron chi connectivity index (χ3n) is 7.49. The van der Waals surface area contributed by atoms with Crippen LogP contribution in [-0.2, 0) is 59.2 Å². The van der Waals surface area contributed by atoms with Crippen molar-refractivity contribution < 1.29 is 73.4 Å². The van der Waals surface area contributed by atoms with Crippen molar-refractivity contribution in [1.29, 1.82) is 0 Å². The van der Waals surface area contributed by atoms with Gasteiger partial charge in [0.05, 0.1) is 14.2 Å². The van der Waals surface area contributed by atoms with E-state index in [0.29, 0.717) is 12.0 Å². The van der Waals surface area contributed by atoms with Gasteiger partial charge < -0.3 is 39.0 Å². The van der Waals surface area contributed by atoms with Gasteiger partial charge >= 0.3 is 23.9 Å². The number of fused-ring (bicyclic) bond motifs is 2. The van der Waals surface area contributed by atoms with Crippen LogP contribution in [0.5, 0.6) is 0 Å². The summed E-state index contributed by atoms with van der Waals surface area (Å²) in [6.07, 6.45) is -8.20. The minimum atomic E-state index is -3.52. The molecule has 15 nitrogen and oxygen atoms in total. The van der Waals surface area contributed by atoms with Crippen LogP contribution >= 0.6 is 0 Å². The predicted octanol–water partition coefficient (Wildman–Crippen LogP) is -0.256. The lowest BCUT2D eigenvalue weighted by atomic mass is 9.74. The Kier molecular flexibility index (Phi) is 10.1. The van der Waals surface area contributed by atoms with E-state index in [1.54, 1.807) is 0 Å². The highest BCUT2D eigenvalue weighted by Gasteiger charge is 2.85. The van der Waals surface area contributed by atoms with Crippen molar-refractivity contribution >= 4 is 23.9 Å². The number of aliphatic hydroxyl groups excluding tert-OH is 2. The monoisotopic (exact) mass is 598 g/mol. The summed E-state index contributed by atoms with van der Waals surface area (Å²) in [4.78, 5) is 54.7. The molecule has 1 aromatic carbocycles. The average molecular weight is 599 g/mol. The second kappa shape index (κ2) is 12.8. The molecule has 0 saturated carbocycles. The topological polar surface area (TPSA) is 214 Å². The Labute approximate surface area is 240 Å². The number of esters is 3. The number of aliphatic hydroxyl groups is 3. The molecule has 4 N–H and O–H groups in total. The fourth-order valence-corrected chi connectivity index (χ4v) is 5.52. The first-order chi connectivity index (χ1) is 19.7. The van der Waals surface area contributed by atoms with Gasteiger partial charge in [0.1, 0.15) is 18.3 Å². The minimum absolute atomic E-state index is 0.160. The Balaban J connectivity index is 2.00. The van der Waals surface area contributed by atoms with E-state index in [2.05, 4.69) is 26.0 Å². The number of hydrogen-bond donors (Lipinski definition) is 4. The molecule has 0 amide bonds. The number of methoxy groups -OCH3 is 2. The van der Waals surface area contributed by atoms with Crippen LogP contribution in [0.1, 0.15) is 32.3 Å². The van der Waals surface area contributed by atoms with Gasteiger partial charge in [0, 0.05) is 19.3 Å². The molecular weight excluding hydrogens is 564 g/mol. The molecule has 2 aliphatic rings. The number of carbonyl (C=O) groups is 4. The van der Waals surface area contributed by atoms with E-state index in [1.807, 2.05) is 37.3 Å². The Hall–Kier alpha value is -3.44. The van der Waals surface area contributed by atoms with Crippen LogP contribution in [0, 0.1) is 5.92 Å². The fourth-order valence-electron chi connectivity index (χ4n) is 5.52. The first kappa shape index (κ1) is 33.1. The van der Waals surface area contributed by atoms with Crippen molar-refractivity contribution in [1.82, 2.24) is 0 Å². The van der Waals surface area contributed by atoms with Crippen LogP contribution in [0.3, 0.4) is 0 Å². The normalized spacial score (nSPS) is 31.4. The van der Waals surface area contributed by atoms with Crippen LogP contribution in [0.4, 0.5) is 0 Å². The summed E-state index contributed by atoms with van der Waals surface area (Å²) in [5, 5.41) is 45.8. The minimum Gasteiger partial charge on any atom is -0.467 e. The summed E-state index contributed by atoms with van der Waals surface area (Å²) in [7, 11) is 1.61. The maximum atomic E-state index is 13.1. The zero-order valence-electron chi connectivity index (χ0n) is 23.4. The quantitative estimate of drug-likeness (QED) is 0.0802. The van der Waals surface area contributed by atoms with Gasteiger partial charge in [-0.15, -0.1) is 0 Å². The Morgan fingerprint density at radius 3 is 2.21 bits per heavy atom. The summed E-state index contributed by atoms with van der Waals surface area (Å²) in [5.41, 5.74) is -5.45. The lowest BCUT2D eigenvalue weighted by molar-refractivity contribution is -0.470. The lowest BCUT2D eigenvalue weighted by Gasteiger charge is -2.49. The third-order valence-corrected chi connectivity index (χ3v) is 7.49. The maximum absolute atomic E-state index is 13.1. The number of ether oxygens (including phenoxy) is 5. The highest BCUT2D eigenvalue weighted by atomic mass is 17.5. The highest BCUT2D eigenvalue weighted by Crippen LogP contribution is 2.55. The van der Waals surface area contributed by atoms with Crippen molar-refractivity contribution in [3.05, 3.63) is 48.0 Å². The Bertz CT molecular complexity index is 1190. The van der Waals surface area contributed by atoms with Crippen molar-refractivity contribution in [2.75, 3.05) is 14.2 Å². The average Bonchev–Trinajstić information content (AvgIpc) is 3.17. The number of rotatable bonds is 12. The smallest absolute Gasteiger partial charge is 0.377 e. The van der Waals surface area contributed by atoms with Gasteiger partial charge in [0.2, 0.25) is 17.3 Å². The molecule has 8 atom stereocenters. The predicted molar refractivity (Wildman–Crippen MR) is 135 cm³/mol. The van der Waals surface area contributed by atoms with Gasteiger partial charge in [-0.25, -0.2) is 19.6 Å². The van der Waals surface area contributed by atoms with Gasteiger partial charge in [-0.2, -0.15) is 0 Å². The molecule has 2 saturated heterocycles. The van der Waals surface area contributed by atoms with Crippen LogP contribution in [0.15, 0.2) is 42.5 Å². The number of carbonyl (C=O) groups excluding carboxylic acids is 4. The first-order valence-electron chi connectivity index (χ1n) is 12.8. The maximum Gasteiger partial charge on any atom is 0.377 e. The van der Waals surface area contributed by atoms with E-state index >= 15 is 0 Å². The SMILES string of the molecule is C=C(CCC12OC(C(=O)OOO)C(O)(C(=O)OC)C(C(=O)OC)(O1)C(O)C2O)C(OC(C)=O)C(C)Cc1ccccc1. The van der Waals surface area contributed by atoms with E-state index < -0.39 is 71.7 Å². The number of hydrogen-bond acceptors (Lipinski definition) is 15.